The fourth-order valence-electron chi connectivity index (χ4n) is 1.73. The molecule has 0 aliphatic heterocycles. The summed E-state index contributed by atoms with van der Waals surface area (Å²) < 4.78 is 0. The molecule has 0 spiro atoms. The van der Waals surface area contributed by atoms with E-state index in [1.54, 1.807) is 13.1 Å². The topological polar surface area (TPSA) is 84.0 Å². The van der Waals surface area contributed by atoms with Gasteiger partial charge < -0.3 is 5.32 Å². The maximum absolute atomic E-state index is 11.9. The van der Waals surface area contributed by atoms with Gasteiger partial charge in [-0.15, -0.1) is 0 Å². The Hall–Kier alpha value is -2.15. The molecule has 116 valence electrons. The third-order valence-corrected chi connectivity index (χ3v) is 3.87. The molecule has 1 unspecified atom stereocenters. The zero-order valence-electron chi connectivity index (χ0n) is 12.5. The molecule has 1 aromatic heterocycles. The molecule has 0 bridgehead atoms. The number of rotatable bonds is 5. The monoisotopic (exact) mass is 318 g/mol. The number of fused-ring (bicyclic) bond motifs is 1. The molecule has 0 fully saturated rings. The van der Waals surface area contributed by atoms with E-state index in [0.29, 0.717) is 11.6 Å². The van der Waals surface area contributed by atoms with Crippen LogP contribution in [-0.4, -0.2) is 33.7 Å². The summed E-state index contributed by atoms with van der Waals surface area (Å²) in [5, 5.41) is 5.12. The standard InChI is InChI=1S/C15H18N4O2S/c1-3-8-16-15(21)19-14(20)10(2)22-13-9-17-11-6-4-5-7-12(11)18-13/h4-7,9-10H,3,8H2,1-2H3,(H2,16,19,20,21). The molecule has 1 atom stereocenters. The third kappa shape index (κ3) is 4.42. The summed E-state index contributed by atoms with van der Waals surface area (Å²) in [5.41, 5.74) is 1.59. The summed E-state index contributed by atoms with van der Waals surface area (Å²) in [6, 6.07) is 7.07. The molecule has 2 aromatic rings. The predicted molar refractivity (Wildman–Crippen MR) is 86.7 cm³/mol. The first-order valence-electron chi connectivity index (χ1n) is 7.07. The smallest absolute Gasteiger partial charge is 0.321 e. The van der Waals surface area contributed by atoms with Crippen LogP contribution in [0.25, 0.3) is 11.0 Å². The molecule has 0 aliphatic rings. The summed E-state index contributed by atoms with van der Waals surface area (Å²) in [6.07, 6.45) is 2.45. The largest absolute Gasteiger partial charge is 0.338 e. The first kappa shape index (κ1) is 16.2. The molecule has 0 aliphatic carbocycles. The van der Waals surface area contributed by atoms with Gasteiger partial charge >= 0.3 is 6.03 Å². The van der Waals surface area contributed by atoms with E-state index in [-0.39, 0.29) is 5.91 Å². The Bertz CT molecular complexity index is 677. The Labute approximate surface area is 133 Å². The fourth-order valence-corrected chi connectivity index (χ4v) is 2.52. The Morgan fingerprint density at radius 2 is 2.00 bits per heavy atom. The van der Waals surface area contributed by atoms with Gasteiger partial charge in [-0.3, -0.25) is 15.1 Å². The van der Waals surface area contributed by atoms with E-state index in [4.69, 9.17) is 0 Å². The number of para-hydroxylation sites is 2. The number of nitrogens with one attached hydrogen (secondary N) is 2. The zero-order valence-corrected chi connectivity index (χ0v) is 13.3. The van der Waals surface area contributed by atoms with E-state index in [0.717, 1.165) is 17.5 Å². The van der Waals surface area contributed by atoms with Crippen molar-refractivity contribution in [1.29, 1.82) is 0 Å². The van der Waals surface area contributed by atoms with E-state index in [2.05, 4.69) is 20.6 Å². The van der Waals surface area contributed by atoms with Crippen molar-refractivity contribution < 1.29 is 9.59 Å². The molecule has 0 radical (unpaired) electrons. The summed E-state index contributed by atoms with van der Waals surface area (Å²) in [5.74, 6) is -0.353. The maximum Gasteiger partial charge on any atom is 0.321 e. The first-order chi connectivity index (χ1) is 10.6. The number of hydrogen-bond acceptors (Lipinski definition) is 5. The molecule has 7 heteroatoms. The van der Waals surface area contributed by atoms with Gasteiger partial charge in [-0.05, 0) is 25.5 Å². The van der Waals surface area contributed by atoms with Gasteiger partial charge in [0.25, 0.3) is 0 Å². The van der Waals surface area contributed by atoms with E-state index in [1.807, 2.05) is 31.2 Å². The molecule has 0 saturated heterocycles. The number of imide groups is 1. The lowest BCUT2D eigenvalue weighted by atomic mass is 10.3. The minimum absolute atomic E-state index is 0.353. The van der Waals surface area contributed by atoms with Crippen molar-refractivity contribution in [3.8, 4) is 0 Å². The Balaban J connectivity index is 1.96. The molecular weight excluding hydrogens is 300 g/mol. The van der Waals surface area contributed by atoms with Crippen LogP contribution in [0.2, 0.25) is 0 Å². The zero-order chi connectivity index (χ0) is 15.9. The van der Waals surface area contributed by atoms with Crippen LogP contribution in [0.3, 0.4) is 0 Å². The normalized spacial score (nSPS) is 11.9. The van der Waals surface area contributed by atoms with Gasteiger partial charge in [0.1, 0.15) is 5.03 Å². The van der Waals surface area contributed by atoms with Crippen molar-refractivity contribution in [1.82, 2.24) is 20.6 Å². The molecule has 0 saturated carbocycles. The van der Waals surface area contributed by atoms with E-state index in [1.165, 1.54) is 11.8 Å². The SMILES string of the molecule is CCCNC(=O)NC(=O)C(C)Sc1cnc2ccccc2n1. The van der Waals surface area contributed by atoms with Crippen LogP contribution in [0.5, 0.6) is 0 Å². The lowest BCUT2D eigenvalue weighted by molar-refractivity contribution is -0.119. The first-order valence-corrected chi connectivity index (χ1v) is 7.95. The van der Waals surface area contributed by atoms with Gasteiger partial charge in [0.15, 0.2) is 0 Å². The molecular formula is C15H18N4O2S. The summed E-state index contributed by atoms with van der Waals surface area (Å²) in [6.45, 7) is 4.21. The number of urea groups is 1. The van der Waals surface area contributed by atoms with Crippen molar-refractivity contribution in [3.05, 3.63) is 30.5 Å². The minimum atomic E-state index is -0.469. The van der Waals surface area contributed by atoms with E-state index >= 15 is 0 Å². The average molecular weight is 318 g/mol. The van der Waals surface area contributed by atoms with Crippen molar-refractivity contribution in [2.75, 3.05) is 6.54 Å². The Morgan fingerprint density at radius 3 is 2.73 bits per heavy atom. The highest BCUT2D eigenvalue weighted by molar-refractivity contribution is 8.00. The van der Waals surface area contributed by atoms with Crippen LogP contribution < -0.4 is 10.6 Å². The fraction of sp³-hybridized carbons (Fsp3) is 0.333. The average Bonchev–Trinajstić information content (AvgIpc) is 2.52. The Morgan fingerprint density at radius 1 is 1.27 bits per heavy atom. The molecule has 3 amide bonds. The molecule has 6 nitrogen and oxygen atoms in total. The maximum atomic E-state index is 11.9. The second-order valence-corrected chi connectivity index (χ2v) is 6.06. The van der Waals surface area contributed by atoms with E-state index in [9.17, 15) is 9.59 Å². The number of carbonyl (C=O) groups excluding carboxylic acids is 2. The van der Waals surface area contributed by atoms with Gasteiger partial charge in [0.05, 0.1) is 22.5 Å². The van der Waals surface area contributed by atoms with Gasteiger partial charge in [0.2, 0.25) is 5.91 Å². The van der Waals surface area contributed by atoms with E-state index < -0.39 is 11.3 Å². The van der Waals surface area contributed by atoms with Gasteiger partial charge in [-0.1, -0.05) is 30.8 Å². The summed E-state index contributed by atoms with van der Waals surface area (Å²) >= 11 is 1.27. The van der Waals surface area contributed by atoms with Gasteiger partial charge in [0, 0.05) is 6.54 Å². The number of hydrogen-bond donors (Lipinski definition) is 2. The second-order valence-electron chi connectivity index (χ2n) is 4.70. The highest BCUT2D eigenvalue weighted by Gasteiger charge is 2.17. The lowest BCUT2D eigenvalue weighted by Gasteiger charge is -2.11. The highest BCUT2D eigenvalue weighted by Crippen LogP contribution is 2.22. The van der Waals surface area contributed by atoms with Crippen LogP contribution >= 0.6 is 11.8 Å². The number of benzene rings is 1. The van der Waals surface area contributed by atoms with Crippen LogP contribution in [0, 0.1) is 0 Å². The number of carbonyl (C=O) groups is 2. The van der Waals surface area contributed by atoms with Crippen LogP contribution in [0.1, 0.15) is 20.3 Å². The number of nitrogens with zero attached hydrogens (tertiary/aromatic N) is 2. The third-order valence-electron chi connectivity index (χ3n) is 2.87. The van der Waals surface area contributed by atoms with Crippen LogP contribution in [0.4, 0.5) is 4.79 Å². The minimum Gasteiger partial charge on any atom is -0.338 e. The quantitative estimate of drug-likeness (QED) is 0.827. The predicted octanol–water partition coefficient (Wildman–Crippen LogP) is 2.35. The summed E-state index contributed by atoms with van der Waals surface area (Å²) in [4.78, 5) is 32.2. The molecule has 1 aromatic carbocycles. The second kappa shape index (κ2) is 7.74. The Kier molecular flexibility index (Phi) is 5.71. The van der Waals surface area contributed by atoms with Crippen molar-refractivity contribution in [3.63, 3.8) is 0 Å². The molecule has 2 rings (SSSR count). The summed E-state index contributed by atoms with van der Waals surface area (Å²) in [7, 11) is 0. The van der Waals surface area contributed by atoms with Crippen molar-refractivity contribution in [2.45, 2.75) is 30.5 Å². The van der Waals surface area contributed by atoms with Crippen LogP contribution in [0.15, 0.2) is 35.5 Å². The number of thioether (sulfide) groups is 1. The molecule has 1 heterocycles. The van der Waals surface area contributed by atoms with Gasteiger partial charge in [-0.25, -0.2) is 9.78 Å². The van der Waals surface area contributed by atoms with Crippen LogP contribution in [-0.2, 0) is 4.79 Å². The van der Waals surface area contributed by atoms with Gasteiger partial charge in [-0.2, -0.15) is 0 Å². The number of amides is 3. The van der Waals surface area contributed by atoms with Crippen molar-refractivity contribution >= 4 is 34.7 Å². The molecule has 22 heavy (non-hydrogen) atoms. The highest BCUT2D eigenvalue weighted by atomic mass is 32.2. The molecule has 2 N–H and O–H groups in total. The van der Waals surface area contributed by atoms with Crippen molar-refractivity contribution in [2.24, 2.45) is 0 Å². The number of aromatic nitrogens is 2. The lowest BCUT2D eigenvalue weighted by Crippen LogP contribution is -2.42.